The minimum Gasteiger partial charge on any atom is -0.327 e. The van der Waals surface area contributed by atoms with Crippen molar-refractivity contribution in [2.75, 3.05) is 11.9 Å². The van der Waals surface area contributed by atoms with Crippen LogP contribution in [0.2, 0.25) is 10.0 Å². The largest absolute Gasteiger partial charge is 0.327 e. The molecule has 2 amide bonds. The fourth-order valence-corrected chi connectivity index (χ4v) is 4.25. The van der Waals surface area contributed by atoms with Gasteiger partial charge in [-0.2, -0.15) is 0 Å². The zero-order valence-electron chi connectivity index (χ0n) is 17.0. The molecular formula is C22H20Cl2N6O2. The lowest BCUT2D eigenvalue weighted by Crippen LogP contribution is -2.43. The van der Waals surface area contributed by atoms with E-state index in [2.05, 4.69) is 20.8 Å². The molecule has 1 saturated carbocycles. The smallest absolute Gasteiger partial charge is 0.254 e. The minimum absolute atomic E-state index is 0.216. The molecule has 10 heteroatoms. The highest BCUT2D eigenvalue weighted by Crippen LogP contribution is 2.36. The second kappa shape index (κ2) is 8.52. The molecule has 3 aromatic rings. The maximum atomic E-state index is 13.0. The lowest BCUT2D eigenvalue weighted by Gasteiger charge is -2.24. The Morgan fingerprint density at radius 3 is 2.50 bits per heavy atom. The van der Waals surface area contributed by atoms with Crippen LogP contribution in [-0.4, -0.2) is 49.5 Å². The van der Waals surface area contributed by atoms with Crippen molar-refractivity contribution in [2.45, 2.75) is 37.8 Å². The Hall–Kier alpha value is -2.97. The van der Waals surface area contributed by atoms with Gasteiger partial charge in [0.25, 0.3) is 5.91 Å². The molecule has 32 heavy (non-hydrogen) atoms. The summed E-state index contributed by atoms with van der Waals surface area (Å²) in [5.74, 6) is 0.273. The van der Waals surface area contributed by atoms with Crippen molar-refractivity contribution >= 4 is 40.7 Å². The van der Waals surface area contributed by atoms with E-state index in [1.54, 1.807) is 17.0 Å². The number of tetrazole rings is 1. The fourth-order valence-electron chi connectivity index (χ4n) is 3.95. The van der Waals surface area contributed by atoms with Gasteiger partial charge in [-0.05, 0) is 78.6 Å². The van der Waals surface area contributed by atoms with E-state index in [0.29, 0.717) is 40.3 Å². The topological polar surface area (TPSA) is 93.0 Å². The van der Waals surface area contributed by atoms with Gasteiger partial charge >= 0.3 is 0 Å². The summed E-state index contributed by atoms with van der Waals surface area (Å²) in [5.41, 5.74) is 1.95. The van der Waals surface area contributed by atoms with Crippen molar-refractivity contribution in [3.63, 3.8) is 0 Å². The maximum absolute atomic E-state index is 13.0. The predicted molar refractivity (Wildman–Crippen MR) is 121 cm³/mol. The number of amides is 2. The van der Waals surface area contributed by atoms with Gasteiger partial charge in [0.2, 0.25) is 5.91 Å². The number of rotatable bonds is 5. The van der Waals surface area contributed by atoms with Crippen molar-refractivity contribution in [2.24, 2.45) is 0 Å². The number of nitrogens with zero attached hydrogens (tertiary/aromatic N) is 5. The summed E-state index contributed by atoms with van der Waals surface area (Å²) in [4.78, 5) is 27.5. The van der Waals surface area contributed by atoms with Crippen LogP contribution in [0.4, 0.5) is 5.69 Å². The number of hydrogen-bond acceptors (Lipinski definition) is 5. The Labute approximate surface area is 194 Å². The first kappa shape index (κ1) is 20.9. The summed E-state index contributed by atoms with van der Waals surface area (Å²) in [6.07, 6.45) is 3.54. The first-order valence-electron chi connectivity index (χ1n) is 10.5. The second-order valence-corrected chi connectivity index (χ2v) is 8.84. The van der Waals surface area contributed by atoms with E-state index in [9.17, 15) is 9.59 Å². The molecule has 1 aliphatic carbocycles. The van der Waals surface area contributed by atoms with Gasteiger partial charge in [-0.1, -0.05) is 23.2 Å². The zero-order valence-corrected chi connectivity index (χ0v) is 18.6. The molecule has 1 N–H and O–H groups in total. The predicted octanol–water partition coefficient (Wildman–Crippen LogP) is 4.23. The maximum Gasteiger partial charge on any atom is 0.254 e. The highest BCUT2D eigenvalue weighted by atomic mass is 35.5. The van der Waals surface area contributed by atoms with Crippen molar-refractivity contribution in [1.29, 1.82) is 0 Å². The van der Waals surface area contributed by atoms with Crippen LogP contribution in [0.15, 0.2) is 42.5 Å². The van der Waals surface area contributed by atoms with Crippen molar-refractivity contribution in [3.8, 4) is 11.4 Å². The molecule has 8 nitrogen and oxygen atoms in total. The first-order valence-corrected chi connectivity index (χ1v) is 11.2. The molecule has 1 atom stereocenters. The molecule has 1 saturated heterocycles. The van der Waals surface area contributed by atoms with Crippen LogP contribution in [0.1, 0.15) is 42.1 Å². The van der Waals surface area contributed by atoms with Gasteiger partial charge in [0.1, 0.15) is 6.04 Å². The molecule has 2 aromatic carbocycles. The number of aromatic nitrogens is 4. The van der Waals surface area contributed by atoms with Crippen molar-refractivity contribution in [1.82, 2.24) is 25.1 Å². The van der Waals surface area contributed by atoms with Crippen LogP contribution >= 0.6 is 23.2 Å². The molecule has 0 radical (unpaired) electrons. The monoisotopic (exact) mass is 470 g/mol. The number of benzene rings is 2. The third-order valence-corrected chi connectivity index (χ3v) is 6.52. The van der Waals surface area contributed by atoms with E-state index in [0.717, 1.165) is 30.7 Å². The van der Waals surface area contributed by atoms with Gasteiger partial charge in [0.05, 0.1) is 16.1 Å². The number of nitrogens with one attached hydrogen (secondary N) is 1. The van der Waals surface area contributed by atoms with Gasteiger partial charge in [0, 0.05) is 23.4 Å². The molecule has 164 valence electrons. The highest BCUT2D eigenvalue weighted by Gasteiger charge is 2.35. The third-order valence-electron chi connectivity index (χ3n) is 5.78. The Balaban J connectivity index is 1.28. The van der Waals surface area contributed by atoms with E-state index < -0.39 is 6.04 Å². The van der Waals surface area contributed by atoms with Crippen LogP contribution in [0.5, 0.6) is 0 Å². The summed E-state index contributed by atoms with van der Waals surface area (Å²) in [6, 6.07) is 12.0. The van der Waals surface area contributed by atoms with Gasteiger partial charge < -0.3 is 10.2 Å². The number of likely N-dealkylation sites (tertiary alicyclic amines) is 1. The van der Waals surface area contributed by atoms with Gasteiger partial charge in [-0.15, -0.1) is 5.10 Å². The van der Waals surface area contributed by atoms with Gasteiger partial charge in [-0.25, -0.2) is 4.68 Å². The highest BCUT2D eigenvalue weighted by molar-refractivity contribution is 6.42. The zero-order chi connectivity index (χ0) is 22.2. The standard InChI is InChI=1S/C22H20Cl2N6O2/c23-17-10-5-14(12-18(17)24)22(32)29-11-1-2-19(29)21(31)25-15-6-3-13(4-7-15)20-26-27-28-30(20)16-8-9-16/h3-7,10,12,16,19H,1-2,8-9,11H2,(H,25,31)/t19-/m0/s1. The minimum atomic E-state index is -0.543. The molecule has 0 spiro atoms. The molecule has 0 bridgehead atoms. The number of halogens is 2. The molecule has 1 aromatic heterocycles. The average Bonchev–Trinajstić information content (AvgIpc) is 3.32. The normalized spacial score (nSPS) is 18.1. The number of hydrogen-bond donors (Lipinski definition) is 1. The van der Waals surface area contributed by atoms with Crippen LogP contribution in [0.3, 0.4) is 0 Å². The molecule has 1 aliphatic heterocycles. The summed E-state index contributed by atoms with van der Waals surface area (Å²) in [5, 5.41) is 15.6. The number of carbonyl (C=O) groups is 2. The summed E-state index contributed by atoms with van der Waals surface area (Å²) >= 11 is 12.0. The molecule has 2 aliphatic rings. The van der Waals surface area contributed by atoms with E-state index in [1.165, 1.54) is 6.07 Å². The van der Waals surface area contributed by atoms with E-state index >= 15 is 0 Å². The molecule has 2 fully saturated rings. The first-order chi connectivity index (χ1) is 15.5. The van der Waals surface area contributed by atoms with Gasteiger partial charge in [-0.3, -0.25) is 9.59 Å². The lowest BCUT2D eigenvalue weighted by atomic mass is 10.1. The van der Waals surface area contributed by atoms with E-state index in [-0.39, 0.29) is 11.8 Å². The Morgan fingerprint density at radius 2 is 1.78 bits per heavy atom. The Morgan fingerprint density at radius 1 is 1.00 bits per heavy atom. The van der Waals surface area contributed by atoms with Crippen LogP contribution in [-0.2, 0) is 4.79 Å². The Bertz CT molecular complexity index is 1180. The number of anilines is 1. The molecular weight excluding hydrogens is 451 g/mol. The van der Waals surface area contributed by atoms with E-state index in [1.807, 2.05) is 28.9 Å². The van der Waals surface area contributed by atoms with Crippen LogP contribution in [0, 0.1) is 0 Å². The van der Waals surface area contributed by atoms with E-state index in [4.69, 9.17) is 23.2 Å². The second-order valence-electron chi connectivity index (χ2n) is 8.03. The molecule has 2 heterocycles. The summed E-state index contributed by atoms with van der Waals surface area (Å²) in [6.45, 7) is 0.514. The average molecular weight is 471 g/mol. The number of carbonyl (C=O) groups excluding carboxylic acids is 2. The Kier molecular flexibility index (Phi) is 5.57. The summed E-state index contributed by atoms with van der Waals surface area (Å²) in [7, 11) is 0. The lowest BCUT2D eigenvalue weighted by molar-refractivity contribution is -0.119. The third kappa shape index (κ3) is 4.08. The molecule has 5 rings (SSSR count). The van der Waals surface area contributed by atoms with Crippen LogP contribution in [0.25, 0.3) is 11.4 Å². The van der Waals surface area contributed by atoms with Crippen LogP contribution < -0.4 is 5.32 Å². The van der Waals surface area contributed by atoms with Crippen molar-refractivity contribution in [3.05, 3.63) is 58.1 Å². The van der Waals surface area contributed by atoms with Crippen molar-refractivity contribution < 1.29 is 9.59 Å². The quantitative estimate of drug-likeness (QED) is 0.602. The summed E-state index contributed by atoms with van der Waals surface area (Å²) < 4.78 is 1.85. The fraction of sp³-hybridized carbons (Fsp3) is 0.318. The SMILES string of the molecule is O=C(Nc1ccc(-c2nnnn2C2CC2)cc1)[C@@H]1CCCN1C(=O)c1ccc(Cl)c(Cl)c1. The van der Waals surface area contributed by atoms with Gasteiger partial charge in [0.15, 0.2) is 5.82 Å². The molecule has 0 unspecified atom stereocenters.